The summed E-state index contributed by atoms with van der Waals surface area (Å²) < 4.78 is 0. The minimum Gasteiger partial charge on any atom is -0.507 e. The van der Waals surface area contributed by atoms with E-state index in [1.165, 1.54) is 57.8 Å². The first kappa shape index (κ1) is 25.2. The van der Waals surface area contributed by atoms with Crippen LogP contribution in [0.2, 0.25) is 0 Å². The van der Waals surface area contributed by atoms with Gasteiger partial charge >= 0.3 is 0 Å². The van der Waals surface area contributed by atoms with Crippen LogP contribution in [0.25, 0.3) is 33.4 Å². The molecule has 4 atom stereocenters. The van der Waals surface area contributed by atoms with Crippen molar-refractivity contribution in [1.82, 2.24) is 0 Å². The standard InChI is InChI=1S/C39H40O2/c40-38-34(26-7-3-1-4-8-26)20-30(22-36(38)32-18-24-11-14-28(32)15-12-24)31-21-35(27-9-5-2-6-10-27)39(41)37(23-31)33-19-25-13-16-29(33)17-25/h1-10,20-25,28-29,32-33,40-41H,11-19H2. The molecule has 0 aromatic heterocycles. The van der Waals surface area contributed by atoms with Gasteiger partial charge in [-0.1, -0.05) is 79.9 Å². The van der Waals surface area contributed by atoms with Crippen LogP contribution in [0.1, 0.15) is 80.8 Å². The first-order chi connectivity index (χ1) is 20.1. The molecule has 4 aromatic rings. The van der Waals surface area contributed by atoms with E-state index < -0.39 is 0 Å². The molecule has 2 nitrogen and oxygen atoms in total. The highest BCUT2D eigenvalue weighted by atomic mass is 16.3. The normalized spacial score (nSPS) is 28.3. The van der Waals surface area contributed by atoms with Gasteiger partial charge in [0.05, 0.1) is 0 Å². The first-order valence-corrected chi connectivity index (χ1v) is 16.0. The molecule has 0 heterocycles. The predicted octanol–water partition coefficient (Wildman–Crippen LogP) is 10.3. The molecule has 0 radical (unpaired) electrons. The summed E-state index contributed by atoms with van der Waals surface area (Å²) in [5.74, 6) is 4.70. The zero-order valence-corrected chi connectivity index (χ0v) is 23.8. The molecule has 4 aromatic carbocycles. The van der Waals surface area contributed by atoms with Crippen molar-refractivity contribution >= 4 is 0 Å². The van der Waals surface area contributed by atoms with Gasteiger partial charge in [-0.25, -0.2) is 0 Å². The Kier molecular flexibility index (Phi) is 6.20. The minimum atomic E-state index is 0.417. The van der Waals surface area contributed by atoms with Crippen LogP contribution in [-0.2, 0) is 0 Å². The third kappa shape index (κ3) is 4.38. The summed E-state index contributed by atoms with van der Waals surface area (Å²) in [4.78, 5) is 0. The van der Waals surface area contributed by atoms with Gasteiger partial charge in [-0.2, -0.15) is 0 Å². The van der Waals surface area contributed by atoms with E-state index in [4.69, 9.17) is 0 Å². The van der Waals surface area contributed by atoms with Crippen molar-refractivity contribution in [2.24, 2.45) is 23.7 Å². The number of phenols is 2. The second kappa shape index (κ2) is 10.1. The lowest BCUT2D eigenvalue weighted by Gasteiger charge is -2.43. The lowest BCUT2D eigenvalue weighted by atomic mass is 9.62. The summed E-state index contributed by atoms with van der Waals surface area (Å²) in [5.41, 5.74) is 8.53. The molecule has 5 saturated carbocycles. The van der Waals surface area contributed by atoms with Crippen LogP contribution in [0.3, 0.4) is 0 Å². The maximum atomic E-state index is 11.8. The Hall–Kier alpha value is -3.52. The van der Waals surface area contributed by atoms with Crippen molar-refractivity contribution < 1.29 is 10.2 Å². The fraction of sp³-hybridized carbons (Fsp3) is 0.385. The Morgan fingerprint density at radius 2 is 0.902 bits per heavy atom. The molecular formula is C39H40O2. The van der Waals surface area contributed by atoms with Gasteiger partial charge in [0.15, 0.2) is 0 Å². The van der Waals surface area contributed by atoms with Crippen molar-refractivity contribution in [1.29, 1.82) is 0 Å². The van der Waals surface area contributed by atoms with Gasteiger partial charge in [0, 0.05) is 11.1 Å². The molecule has 0 aliphatic heterocycles. The molecule has 2 heteroatoms. The Morgan fingerprint density at radius 1 is 0.439 bits per heavy atom. The largest absolute Gasteiger partial charge is 0.507 e. The highest BCUT2D eigenvalue weighted by Gasteiger charge is 2.42. The van der Waals surface area contributed by atoms with E-state index in [9.17, 15) is 10.2 Å². The first-order valence-electron chi connectivity index (χ1n) is 16.0. The third-order valence-corrected chi connectivity index (χ3v) is 11.4. The fourth-order valence-corrected chi connectivity index (χ4v) is 9.27. The second-order valence-corrected chi connectivity index (χ2v) is 13.6. The number of fused-ring (bicyclic) bond motifs is 5. The van der Waals surface area contributed by atoms with Crippen molar-refractivity contribution in [3.63, 3.8) is 0 Å². The minimum absolute atomic E-state index is 0.417. The van der Waals surface area contributed by atoms with Crippen LogP contribution in [0.5, 0.6) is 11.5 Å². The molecule has 4 bridgehead atoms. The quantitative estimate of drug-likeness (QED) is 0.264. The molecule has 2 N–H and O–H groups in total. The van der Waals surface area contributed by atoms with Crippen molar-refractivity contribution in [2.45, 2.75) is 69.6 Å². The molecule has 0 spiro atoms. The van der Waals surface area contributed by atoms with Gasteiger partial charge in [-0.15, -0.1) is 0 Å². The van der Waals surface area contributed by atoms with E-state index in [0.29, 0.717) is 35.2 Å². The van der Waals surface area contributed by atoms with Gasteiger partial charge in [-0.05, 0) is 132 Å². The fourth-order valence-electron chi connectivity index (χ4n) is 9.27. The molecule has 5 aliphatic rings. The van der Waals surface area contributed by atoms with Gasteiger partial charge in [0.2, 0.25) is 0 Å². The SMILES string of the molecule is Oc1c(-c2ccccc2)cc(-c2cc(-c3ccccc3)c(O)c(C3CC4CCC3C4)c2)cc1C1CC2CCC1CC2. The third-order valence-electron chi connectivity index (χ3n) is 11.4. The number of hydrogen-bond acceptors (Lipinski definition) is 2. The monoisotopic (exact) mass is 540 g/mol. The molecular weight excluding hydrogens is 500 g/mol. The highest BCUT2D eigenvalue weighted by molar-refractivity contribution is 5.84. The summed E-state index contributed by atoms with van der Waals surface area (Å²) in [7, 11) is 0. The summed E-state index contributed by atoms with van der Waals surface area (Å²) in [6.45, 7) is 0. The Labute approximate surface area is 244 Å². The lowest BCUT2D eigenvalue weighted by Crippen LogP contribution is -2.29. The van der Waals surface area contributed by atoms with E-state index in [0.717, 1.165) is 56.3 Å². The number of phenolic OH excluding ortho intramolecular Hbond substituents is 2. The summed E-state index contributed by atoms with van der Waals surface area (Å²) in [6, 6.07) is 29.8. The maximum Gasteiger partial charge on any atom is 0.126 e. The number of rotatable bonds is 5. The van der Waals surface area contributed by atoms with Gasteiger partial charge in [-0.3, -0.25) is 0 Å². The van der Waals surface area contributed by atoms with Crippen LogP contribution in [0, 0.1) is 23.7 Å². The van der Waals surface area contributed by atoms with E-state index in [1.807, 2.05) is 12.1 Å². The van der Waals surface area contributed by atoms with E-state index in [-0.39, 0.29) is 0 Å². The summed E-state index contributed by atoms with van der Waals surface area (Å²) in [6.07, 6.45) is 11.6. The van der Waals surface area contributed by atoms with Crippen LogP contribution in [-0.4, -0.2) is 10.2 Å². The molecule has 0 amide bonds. The topological polar surface area (TPSA) is 40.5 Å². The summed E-state index contributed by atoms with van der Waals surface area (Å²) in [5, 5.41) is 23.6. The molecule has 208 valence electrons. The Balaban J connectivity index is 1.33. The number of aromatic hydroxyl groups is 2. The molecule has 9 rings (SSSR count). The van der Waals surface area contributed by atoms with Crippen LogP contribution in [0.15, 0.2) is 84.9 Å². The van der Waals surface area contributed by atoms with E-state index in [1.54, 1.807) is 0 Å². The van der Waals surface area contributed by atoms with Crippen molar-refractivity contribution in [3.05, 3.63) is 96.1 Å². The summed E-state index contributed by atoms with van der Waals surface area (Å²) >= 11 is 0. The van der Waals surface area contributed by atoms with Crippen molar-refractivity contribution in [2.75, 3.05) is 0 Å². The van der Waals surface area contributed by atoms with Crippen LogP contribution in [0.4, 0.5) is 0 Å². The lowest BCUT2D eigenvalue weighted by molar-refractivity contribution is 0.143. The second-order valence-electron chi connectivity index (χ2n) is 13.6. The van der Waals surface area contributed by atoms with Gasteiger partial charge < -0.3 is 10.2 Å². The number of hydrogen-bond donors (Lipinski definition) is 2. The predicted molar refractivity (Wildman–Crippen MR) is 167 cm³/mol. The molecule has 5 aliphatic carbocycles. The van der Waals surface area contributed by atoms with Gasteiger partial charge in [0.1, 0.15) is 11.5 Å². The molecule has 41 heavy (non-hydrogen) atoms. The smallest absolute Gasteiger partial charge is 0.126 e. The number of benzene rings is 4. The van der Waals surface area contributed by atoms with Crippen molar-refractivity contribution in [3.8, 4) is 44.9 Å². The zero-order chi connectivity index (χ0) is 27.5. The molecule has 5 fully saturated rings. The Morgan fingerprint density at radius 3 is 1.34 bits per heavy atom. The van der Waals surface area contributed by atoms with Crippen LogP contribution < -0.4 is 0 Å². The van der Waals surface area contributed by atoms with Gasteiger partial charge in [0.25, 0.3) is 0 Å². The molecule has 4 unspecified atom stereocenters. The Bertz CT molecular complexity index is 1560. The average Bonchev–Trinajstić information content (AvgIpc) is 3.67. The van der Waals surface area contributed by atoms with Crippen LogP contribution >= 0.6 is 0 Å². The highest BCUT2D eigenvalue weighted by Crippen LogP contribution is 2.57. The average molecular weight is 541 g/mol. The zero-order valence-electron chi connectivity index (χ0n) is 23.8. The maximum absolute atomic E-state index is 11.8. The molecule has 0 saturated heterocycles. The van der Waals surface area contributed by atoms with E-state index in [2.05, 4.69) is 72.8 Å². The van der Waals surface area contributed by atoms with E-state index >= 15 is 0 Å².